The quantitative estimate of drug-likeness (QED) is 0.328. The molecule has 0 spiro atoms. The molecule has 15 heavy (non-hydrogen) atoms. The molecule has 0 rings (SSSR count). The summed E-state index contributed by atoms with van der Waals surface area (Å²) in [5.74, 6) is -0.244. The van der Waals surface area contributed by atoms with E-state index in [9.17, 15) is 8.42 Å². The van der Waals surface area contributed by atoms with Gasteiger partial charge in [-0.2, -0.15) is 8.42 Å². The van der Waals surface area contributed by atoms with E-state index in [0.717, 1.165) is 25.8 Å². The Bertz CT molecular complexity index is 257. The van der Waals surface area contributed by atoms with Crippen molar-refractivity contribution in [2.45, 2.75) is 45.6 Å². The predicted molar refractivity (Wildman–Crippen MR) is 59.1 cm³/mol. The fourth-order valence-corrected chi connectivity index (χ4v) is 2.32. The summed E-state index contributed by atoms with van der Waals surface area (Å²) in [7, 11) is -3.89. The number of hydrogen-bond acceptors (Lipinski definition) is 3. The van der Waals surface area contributed by atoms with E-state index in [1.165, 1.54) is 0 Å². The molecule has 0 aromatic heterocycles. The fraction of sp³-hybridized carbons (Fsp3) is 1.00. The van der Waals surface area contributed by atoms with E-state index >= 15 is 0 Å². The van der Waals surface area contributed by atoms with E-state index in [2.05, 4.69) is 12.2 Å². The second kappa shape index (κ2) is 8.03. The van der Waals surface area contributed by atoms with Crippen LogP contribution in [0.2, 0.25) is 0 Å². The topological polar surface area (TPSA) is 66.4 Å². The van der Waals surface area contributed by atoms with Crippen LogP contribution >= 0.6 is 0 Å². The Balaban J connectivity index is -0.000000845. The molecule has 2 N–H and O–H groups in total. The Morgan fingerprint density at radius 2 is 1.87 bits per heavy atom. The van der Waals surface area contributed by atoms with Crippen LogP contribution in [0.15, 0.2) is 0 Å². The predicted octanol–water partition coefficient (Wildman–Crippen LogP) is -1.45. The van der Waals surface area contributed by atoms with E-state index in [1.807, 2.05) is 0 Å². The number of unbranched alkanes of at least 4 members (excludes halogenated alkanes) is 2. The van der Waals surface area contributed by atoms with E-state index in [1.54, 1.807) is 13.8 Å². The molecule has 0 fully saturated rings. The third-order valence-electron chi connectivity index (χ3n) is 1.93. The molecular weight excluding hydrogens is 225 g/mol. The molecule has 0 unspecified atom stereocenters. The van der Waals surface area contributed by atoms with Crippen LogP contribution in [0.5, 0.6) is 0 Å². The number of rotatable bonds is 7. The third kappa shape index (κ3) is 12.8. The first-order valence-corrected chi connectivity index (χ1v) is 6.58. The first-order chi connectivity index (χ1) is 6.27. The van der Waals surface area contributed by atoms with Gasteiger partial charge in [-0.05, 0) is 26.8 Å². The average molecular weight is 247 g/mol. The van der Waals surface area contributed by atoms with Crippen LogP contribution in [0.4, 0.5) is 0 Å². The van der Waals surface area contributed by atoms with Crippen LogP contribution < -0.4 is 34.9 Å². The fourth-order valence-electron chi connectivity index (χ4n) is 1.31. The molecule has 0 amide bonds. The number of hydrogen-bond donors (Lipinski definition) is 2. The van der Waals surface area contributed by atoms with Crippen molar-refractivity contribution in [3.8, 4) is 0 Å². The van der Waals surface area contributed by atoms with Gasteiger partial charge in [0.15, 0.2) is 0 Å². The molecule has 0 aliphatic heterocycles. The van der Waals surface area contributed by atoms with Gasteiger partial charge in [0.2, 0.25) is 0 Å². The molecule has 88 valence electrons. The minimum absolute atomic E-state index is 0. The molecule has 0 aromatic carbocycles. The summed E-state index contributed by atoms with van der Waals surface area (Å²) < 4.78 is 30.0. The first kappa shape index (κ1) is 18.2. The van der Waals surface area contributed by atoms with Gasteiger partial charge in [0.05, 0.1) is 5.75 Å². The molecule has 0 atom stereocenters. The van der Waals surface area contributed by atoms with Crippen molar-refractivity contribution in [2.24, 2.45) is 0 Å². The van der Waals surface area contributed by atoms with Crippen molar-refractivity contribution in [3.05, 3.63) is 0 Å². The van der Waals surface area contributed by atoms with Gasteiger partial charge in [0.1, 0.15) is 0 Å². The summed E-state index contributed by atoms with van der Waals surface area (Å²) in [5, 5.41) is 3.11. The van der Waals surface area contributed by atoms with Gasteiger partial charge in [-0.3, -0.25) is 4.55 Å². The molecule has 0 aromatic rings. The summed E-state index contributed by atoms with van der Waals surface area (Å²) in [4.78, 5) is 0. The molecule has 0 saturated carbocycles. The molecule has 0 heterocycles. The Kier molecular flexibility index (Phi) is 9.77. The van der Waals surface area contributed by atoms with E-state index in [4.69, 9.17) is 4.55 Å². The molecule has 0 bridgehead atoms. The van der Waals surface area contributed by atoms with Crippen molar-refractivity contribution in [2.75, 3.05) is 12.3 Å². The van der Waals surface area contributed by atoms with E-state index in [-0.39, 0.29) is 36.7 Å². The van der Waals surface area contributed by atoms with Gasteiger partial charge in [0, 0.05) is 5.54 Å². The monoisotopic (exact) mass is 247 g/mol. The largest absolute Gasteiger partial charge is 1.00 e. The van der Waals surface area contributed by atoms with Gasteiger partial charge < -0.3 is 6.74 Å². The zero-order chi connectivity index (χ0) is 11.2. The molecular formula is C9H22NNaO3S. The van der Waals surface area contributed by atoms with Gasteiger partial charge in [-0.1, -0.05) is 19.8 Å². The summed E-state index contributed by atoms with van der Waals surface area (Å²) >= 11 is 0. The maximum absolute atomic E-state index is 10.7. The van der Waals surface area contributed by atoms with E-state index < -0.39 is 15.7 Å². The molecule has 0 aliphatic rings. The average Bonchev–Trinajstić information content (AvgIpc) is 1.93. The van der Waals surface area contributed by atoms with Crippen LogP contribution in [-0.2, 0) is 10.1 Å². The Labute approximate surface area is 117 Å². The van der Waals surface area contributed by atoms with Crippen molar-refractivity contribution in [1.29, 1.82) is 0 Å². The molecule has 6 heteroatoms. The molecule has 0 saturated heterocycles. The van der Waals surface area contributed by atoms with Crippen molar-refractivity contribution < 1.29 is 44.0 Å². The van der Waals surface area contributed by atoms with Crippen molar-refractivity contribution >= 4 is 10.1 Å². The SMILES string of the molecule is CCCCCNC(C)(C)CS(=O)(=O)O.[H-].[Na+]. The summed E-state index contributed by atoms with van der Waals surface area (Å²) in [6, 6.07) is 0. The van der Waals surface area contributed by atoms with E-state index in [0.29, 0.717) is 0 Å². The van der Waals surface area contributed by atoms with Gasteiger partial charge in [-0.15, -0.1) is 0 Å². The Morgan fingerprint density at radius 1 is 1.33 bits per heavy atom. The standard InChI is InChI=1S/C9H21NO3S.Na.H/c1-4-5-6-7-10-9(2,3)8-14(11,12)13;;/h10H,4-8H2,1-3H3,(H,11,12,13);;/q;+1;-1. The Morgan fingerprint density at radius 3 is 2.27 bits per heavy atom. The van der Waals surface area contributed by atoms with Crippen molar-refractivity contribution in [1.82, 2.24) is 5.32 Å². The van der Waals surface area contributed by atoms with Crippen LogP contribution in [0.1, 0.15) is 41.5 Å². The normalized spacial score (nSPS) is 12.3. The minimum atomic E-state index is -3.89. The summed E-state index contributed by atoms with van der Waals surface area (Å²) in [5.41, 5.74) is -0.554. The summed E-state index contributed by atoms with van der Waals surface area (Å²) in [6.07, 6.45) is 3.31. The van der Waals surface area contributed by atoms with Crippen LogP contribution in [0, 0.1) is 0 Å². The molecule has 0 radical (unpaired) electrons. The van der Waals surface area contributed by atoms with Gasteiger partial charge in [0.25, 0.3) is 10.1 Å². The second-order valence-electron chi connectivity index (χ2n) is 4.24. The maximum Gasteiger partial charge on any atom is 1.00 e. The minimum Gasteiger partial charge on any atom is -1.00 e. The van der Waals surface area contributed by atoms with Crippen LogP contribution in [-0.4, -0.2) is 30.8 Å². The second-order valence-corrected chi connectivity index (χ2v) is 5.70. The molecule has 0 aliphatic carbocycles. The molecule has 4 nitrogen and oxygen atoms in total. The maximum atomic E-state index is 10.7. The van der Waals surface area contributed by atoms with Crippen LogP contribution in [0.3, 0.4) is 0 Å². The zero-order valence-electron chi connectivity index (χ0n) is 11.2. The Hall–Kier alpha value is 0.870. The third-order valence-corrected chi connectivity index (χ3v) is 3.01. The zero-order valence-corrected chi connectivity index (χ0v) is 13.0. The van der Waals surface area contributed by atoms with Crippen LogP contribution in [0.25, 0.3) is 0 Å². The smallest absolute Gasteiger partial charge is 1.00 e. The van der Waals surface area contributed by atoms with Gasteiger partial charge in [-0.25, -0.2) is 0 Å². The van der Waals surface area contributed by atoms with Gasteiger partial charge >= 0.3 is 29.6 Å². The summed E-state index contributed by atoms with van der Waals surface area (Å²) in [6.45, 7) is 6.44. The van der Waals surface area contributed by atoms with Crippen molar-refractivity contribution in [3.63, 3.8) is 0 Å². The number of nitrogens with one attached hydrogen (secondary N) is 1. The first-order valence-electron chi connectivity index (χ1n) is 4.97.